The van der Waals surface area contributed by atoms with Crippen LogP contribution in [0.4, 0.5) is 0 Å². The van der Waals surface area contributed by atoms with E-state index in [1.807, 2.05) is 12.1 Å². The van der Waals surface area contributed by atoms with Gasteiger partial charge in [0.05, 0.1) is 6.61 Å². The van der Waals surface area contributed by atoms with Crippen LogP contribution in [0.5, 0.6) is 5.75 Å². The number of Topliss-reactive ketones (excluding diaryl/α,β-unsaturated/α-hetero) is 1. The second-order valence-electron chi connectivity index (χ2n) is 5.78. The fraction of sp³-hybridized carbons (Fsp3) is 0.294. The van der Waals surface area contributed by atoms with E-state index in [1.165, 1.54) is 35.6 Å². The van der Waals surface area contributed by atoms with E-state index in [4.69, 9.17) is 4.74 Å². The summed E-state index contributed by atoms with van der Waals surface area (Å²) >= 11 is 2.80. The first kappa shape index (κ1) is 16.3. The molecule has 1 aromatic carbocycles. The number of aromatic nitrogens is 1. The minimum absolute atomic E-state index is 0.00767. The molecule has 6 nitrogen and oxygen atoms in total. The van der Waals surface area contributed by atoms with Gasteiger partial charge in [-0.15, -0.1) is 11.3 Å². The molecule has 0 bridgehead atoms. The topological polar surface area (TPSA) is 80.7 Å². The molecule has 1 aromatic heterocycles. The molecule has 25 heavy (non-hydrogen) atoms. The van der Waals surface area contributed by atoms with Crippen LogP contribution in [0.1, 0.15) is 23.0 Å². The standard InChI is InChI=1S/C17H15N3O3S2/c1-9(21)12-7-25-17(19-12)20-15(22)13-8-24-16(18-13)11-2-3-14-10(6-11)4-5-23-14/h2-3,6,8,12H,4-5,7H2,1H3,(H,19,20,22). The molecule has 8 heteroatoms. The van der Waals surface area contributed by atoms with Gasteiger partial charge in [0.1, 0.15) is 22.5 Å². The summed E-state index contributed by atoms with van der Waals surface area (Å²) in [6.07, 6.45) is 0.899. The molecular weight excluding hydrogens is 358 g/mol. The predicted octanol–water partition coefficient (Wildman–Crippen LogP) is 2.54. The number of thiazole rings is 1. The number of thioether (sulfide) groups is 1. The zero-order chi connectivity index (χ0) is 17.4. The minimum atomic E-state index is -0.361. The van der Waals surface area contributed by atoms with Crippen LogP contribution in [0.3, 0.4) is 0 Å². The SMILES string of the molecule is CC(=O)C1CSC(NC(=O)c2csc(-c3ccc4c(c3)CCO4)n2)=N1. The van der Waals surface area contributed by atoms with Gasteiger partial charge in [-0.3, -0.25) is 19.9 Å². The summed E-state index contributed by atoms with van der Waals surface area (Å²) in [5, 5.41) is 5.74. The number of amides is 1. The number of ether oxygens (including phenoxy) is 1. The summed E-state index contributed by atoms with van der Waals surface area (Å²) < 4.78 is 5.51. The van der Waals surface area contributed by atoms with Gasteiger partial charge in [-0.05, 0) is 30.7 Å². The number of fused-ring (bicyclic) bond motifs is 1. The third kappa shape index (κ3) is 3.32. The van der Waals surface area contributed by atoms with Crippen molar-refractivity contribution >= 4 is 40.0 Å². The molecule has 1 amide bonds. The first-order valence-electron chi connectivity index (χ1n) is 7.84. The Hall–Kier alpha value is -2.19. The Morgan fingerprint density at radius 2 is 2.24 bits per heavy atom. The number of nitrogens with zero attached hydrogens (tertiary/aromatic N) is 2. The maximum Gasteiger partial charge on any atom is 0.276 e. The van der Waals surface area contributed by atoms with Crippen molar-refractivity contribution in [2.24, 2.45) is 4.99 Å². The van der Waals surface area contributed by atoms with E-state index in [1.54, 1.807) is 5.38 Å². The lowest BCUT2D eigenvalue weighted by Gasteiger charge is -2.02. The van der Waals surface area contributed by atoms with Crippen molar-refractivity contribution in [2.75, 3.05) is 12.4 Å². The molecule has 3 heterocycles. The largest absolute Gasteiger partial charge is 0.493 e. The molecular formula is C17H15N3O3S2. The fourth-order valence-corrected chi connectivity index (χ4v) is 4.43. The lowest BCUT2D eigenvalue weighted by atomic mass is 10.1. The second kappa shape index (κ2) is 6.61. The van der Waals surface area contributed by atoms with Gasteiger partial charge in [-0.2, -0.15) is 0 Å². The van der Waals surface area contributed by atoms with Crippen LogP contribution in [-0.4, -0.2) is 40.2 Å². The van der Waals surface area contributed by atoms with E-state index in [2.05, 4.69) is 21.4 Å². The van der Waals surface area contributed by atoms with E-state index in [9.17, 15) is 9.59 Å². The van der Waals surface area contributed by atoms with Crippen LogP contribution in [0.15, 0.2) is 28.6 Å². The van der Waals surface area contributed by atoms with Crippen molar-refractivity contribution in [3.8, 4) is 16.3 Å². The fourth-order valence-electron chi connectivity index (χ4n) is 2.64. The number of nitrogens with one attached hydrogen (secondary N) is 1. The molecule has 2 aromatic rings. The highest BCUT2D eigenvalue weighted by atomic mass is 32.2. The summed E-state index contributed by atoms with van der Waals surface area (Å²) in [7, 11) is 0. The number of carbonyl (C=O) groups excluding carboxylic acids is 2. The highest BCUT2D eigenvalue weighted by molar-refractivity contribution is 8.14. The van der Waals surface area contributed by atoms with Crippen LogP contribution in [0.25, 0.3) is 10.6 Å². The maximum absolute atomic E-state index is 12.3. The zero-order valence-corrected chi connectivity index (χ0v) is 15.1. The van der Waals surface area contributed by atoms with Crippen LogP contribution in [0, 0.1) is 0 Å². The number of aliphatic imine (C=N–C) groups is 1. The lowest BCUT2D eigenvalue weighted by Crippen LogP contribution is -2.27. The molecule has 4 rings (SSSR count). The van der Waals surface area contributed by atoms with Gasteiger partial charge in [0.2, 0.25) is 0 Å². The van der Waals surface area contributed by atoms with Crippen LogP contribution < -0.4 is 10.1 Å². The van der Waals surface area contributed by atoms with Crippen molar-refractivity contribution < 1.29 is 14.3 Å². The molecule has 2 aliphatic rings. The average Bonchev–Trinajstić information content (AvgIpc) is 3.33. The number of carbonyl (C=O) groups is 2. The Kier molecular flexibility index (Phi) is 4.30. The van der Waals surface area contributed by atoms with Crippen molar-refractivity contribution in [1.29, 1.82) is 0 Å². The number of amidine groups is 1. The highest BCUT2D eigenvalue weighted by Crippen LogP contribution is 2.32. The molecule has 0 radical (unpaired) electrons. The summed E-state index contributed by atoms with van der Waals surface area (Å²) in [6, 6.07) is 5.61. The van der Waals surface area contributed by atoms with Gasteiger partial charge >= 0.3 is 0 Å². The molecule has 0 saturated carbocycles. The molecule has 1 atom stereocenters. The molecule has 1 N–H and O–H groups in total. The number of rotatable bonds is 3. The van der Waals surface area contributed by atoms with Gasteiger partial charge in [-0.25, -0.2) is 4.98 Å². The molecule has 128 valence electrons. The summed E-state index contributed by atoms with van der Waals surface area (Å²) in [5.41, 5.74) is 2.51. The summed E-state index contributed by atoms with van der Waals surface area (Å²) in [6.45, 7) is 2.22. The molecule has 0 spiro atoms. The van der Waals surface area contributed by atoms with Crippen LogP contribution in [0.2, 0.25) is 0 Å². The Labute approximate surface area is 152 Å². The Morgan fingerprint density at radius 1 is 1.36 bits per heavy atom. The second-order valence-corrected chi connectivity index (χ2v) is 7.65. The average molecular weight is 373 g/mol. The van der Waals surface area contributed by atoms with Crippen LogP contribution >= 0.6 is 23.1 Å². The lowest BCUT2D eigenvalue weighted by molar-refractivity contribution is -0.117. The van der Waals surface area contributed by atoms with Crippen molar-refractivity contribution in [3.63, 3.8) is 0 Å². The summed E-state index contributed by atoms with van der Waals surface area (Å²) in [4.78, 5) is 32.3. The Balaban J connectivity index is 1.49. The molecule has 2 aliphatic heterocycles. The van der Waals surface area contributed by atoms with Gasteiger partial charge in [0.15, 0.2) is 11.0 Å². The number of hydrogen-bond donors (Lipinski definition) is 1. The van der Waals surface area contributed by atoms with Gasteiger partial charge in [-0.1, -0.05) is 11.8 Å². The van der Waals surface area contributed by atoms with E-state index >= 15 is 0 Å². The third-order valence-electron chi connectivity index (χ3n) is 4.01. The minimum Gasteiger partial charge on any atom is -0.493 e. The van der Waals surface area contributed by atoms with E-state index in [0.717, 1.165) is 22.7 Å². The van der Waals surface area contributed by atoms with E-state index in [0.29, 0.717) is 23.2 Å². The molecule has 0 saturated heterocycles. The highest BCUT2D eigenvalue weighted by Gasteiger charge is 2.24. The molecule has 0 fully saturated rings. The first-order chi connectivity index (χ1) is 12.1. The Morgan fingerprint density at radius 3 is 3.04 bits per heavy atom. The number of ketones is 1. The van der Waals surface area contributed by atoms with E-state index < -0.39 is 0 Å². The third-order valence-corrected chi connectivity index (χ3v) is 5.87. The van der Waals surface area contributed by atoms with Crippen molar-refractivity contribution in [2.45, 2.75) is 19.4 Å². The molecule has 0 aliphatic carbocycles. The van der Waals surface area contributed by atoms with Crippen molar-refractivity contribution in [1.82, 2.24) is 10.3 Å². The monoisotopic (exact) mass is 373 g/mol. The van der Waals surface area contributed by atoms with Gasteiger partial charge in [0, 0.05) is 23.1 Å². The van der Waals surface area contributed by atoms with E-state index in [-0.39, 0.29) is 17.7 Å². The maximum atomic E-state index is 12.3. The molecule has 1 unspecified atom stereocenters. The predicted molar refractivity (Wildman–Crippen MR) is 98.6 cm³/mol. The normalized spacial score (nSPS) is 18.4. The Bertz CT molecular complexity index is 891. The number of hydrogen-bond acceptors (Lipinski definition) is 7. The van der Waals surface area contributed by atoms with Gasteiger partial charge in [0.25, 0.3) is 5.91 Å². The zero-order valence-electron chi connectivity index (χ0n) is 13.4. The van der Waals surface area contributed by atoms with Crippen LogP contribution in [-0.2, 0) is 11.2 Å². The van der Waals surface area contributed by atoms with Gasteiger partial charge < -0.3 is 4.74 Å². The number of benzene rings is 1. The van der Waals surface area contributed by atoms with Crippen molar-refractivity contribution in [3.05, 3.63) is 34.8 Å². The first-order valence-corrected chi connectivity index (χ1v) is 9.71. The summed E-state index contributed by atoms with van der Waals surface area (Å²) in [5.74, 6) is 1.20. The smallest absolute Gasteiger partial charge is 0.276 e. The quantitative estimate of drug-likeness (QED) is 0.894.